The zero-order chi connectivity index (χ0) is 17.2. The van der Waals surface area contributed by atoms with Crippen LogP contribution in [-0.2, 0) is 37.7 Å². The first-order valence-electron chi connectivity index (χ1n) is 9.18. The molecule has 0 bridgehead atoms. The number of hydrogen-bond acceptors (Lipinski definition) is 6. The molecule has 2 aromatic rings. The molecule has 1 unspecified atom stereocenters. The molecule has 3 heterocycles. The molecule has 25 heavy (non-hydrogen) atoms. The average molecular weight is 345 g/mol. The summed E-state index contributed by atoms with van der Waals surface area (Å²) in [6, 6.07) is 2.61. The molecule has 1 atom stereocenters. The van der Waals surface area contributed by atoms with Gasteiger partial charge in [0.05, 0.1) is 24.6 Å². The third-order valence-corrected chi connectivity index (χ3v) is 5.27. The molecule has 4 rings (SSSR count). The van der Waals surface area contributed by atoms with E-state index in [2.05, 4.69) is 26.5 Å². The maximum atomic E-state index is 5.61. The first-order valence-corrected chi connectivity index (χ1v) is 9.18. The zero-order valence-electron chi connectivity index (χ0n) is 15.1. The van der Waals surface area contributed by atoms with Crippen molar-refractivity contribution in [3.05, 3.63) is 34.5 Å². The first kappa shape index (κ1) is 16.8. The highest BCUT2D eigenvalue weighted by Crippen LogP contribution is 2.26. The number of nitrogens with zero attached hydrogens (tertiary/aromatic N) is 4. The summed E-state index contributed by atoms with van der Waals surface area (Å²) in [7, 11) is 2.00. The van der Waals surface area contributed by atoms with Gasteiger partial charge in [0.1, 0.15) is 11.5 Å². The van der Waals surface area contributed by atoms with Gasteiger partial charge in [-0.05, 0) is 25.8 Å². The van der Waals surface area contributed by atoms with Gasteiger partial charge in [-0.25, -0.2) is 0 Å². The standard InChI is InChI=1S/C18H27N5O2/c1-13-9-15(22(2)20-13)11-19-14-3-4-18-16(10-14)17(21-25-18)12-23-5-7-24-8-6-23/h9,14,19H,3-8,10-12H2,1-2H3. The second kappa shape index (κ2) is 7.27. The van der Waals surface area contributed by atoms with Crippen LogP contribution in [0.4, 0.5) is 0 Å². The van der Waals surface area contributed by atoms with E-state index in [1.807, 2.05) is 18.7 Å². The number of aromatic nitrogens is 3. The lowest BCUT2D eigenvalue weighted by Crippen LogP contribution is -2.37. The van der Waals surface area contributed by atoms with Crippen LogP contribution in [0.2, 0.25) is 0 Å². The Kier molecular flexibility index (Phi) is 4.87. The highest BCUT2D eigenvalue weighted by atomic mass is 16.5. The Bertz CT molecular complexity index is 717. The van der Waals surface area contributed by atoms with Gasteiger partial charge >= 0.3 is 0 Å². The van der Waals surface area contributed by atoms with Crippen molar-refractivity contribution in [1.82, 2.24) is 25.2 Å². The lowest BCUT2D eigenvalue weighted by Gasteiger charge is -2.27. The van der Waals surface area contributed by atoms with Gasteiger partial charge in [-0.2, -0.15) is 5.10 Å². The van der Waals surface area contributed by atoms with Gasteiger partial charge in [-0.15, -0.1) is 0 Å². The number of ether oxygens (including phenoxy) is 1. The Morgan fingerprint density at radius 3 is 2.92 bits per heavy atom. The predicted octanol–water partition coefficient (Wildman–Crippen LogP) is 1.20. The first-order chi connectivity index (χ1) is 12.2. The Morgan fingerprint density at radius 1 is 1.32 bits per heavy atom. The fraction of sp³-hybridized carbons (Fsp3) is 0.667. The van der Waals surface area contributed by atoms with E-state index in [1.54, 1.807) is 0 Å². The van der Waals surface area contributed by atoms with Gasteiger partial charge < -0.3 is 14.6 Å². The minimum absolute atomic E-state index is 0.463. The van der Waals surface area contributed by atoms with Crippen molar-refractivity contribution in [3.63, 3.8) is 0 Å². The van der Waals surface area contributed by atoms with Crippen LogP contribution in [0.15, 0.2) is 10.6 Å². The molecule has 2 aromatic heterocycles. The van der Waals surface area contributed by atoms with Gasteiger partial charge in [0.25, 0.3) is 0 Å². The minimum Gasteiger partial charge on any atom is -0.379 e. The second-order valence-corrected chi connectivity index (χ2v) is 7.14. The van der Waals surface area contributed by atoms with Crippen molar-refractivity contribution in [1.29, 1.82) is 0 Å². The average Bonchev–Trinajstić information content (AvgIpc) is 3.16. The van der Waals surface area contributed by atoms with Gasteiger partial charge in [0, 0.05) is 51.3 Å². The maximum absolute atomic E-state index is 5.61. The van der Waals surface area contributed by atoms with E-state index in [0.29, 0.717) is 6.04 Å². The van der Waals surface area contributed by atoms with Crippen molar-refractivity contribution in [2.24, 2.45) is 7.05 Å². The number of aryl methyl sites for hydroxylation is 3. The van der Waals surface area contributed by atoms with E-state index in [9.17, 15) is 0 Å². The summed E-state index contributed by atoms with van der Waals surface area (Å²) in [6.45, 7) is 7.33. The summed E-state index contributed by atoms with van der Waals surface area (Å²) >= 11 is 0. The van der Waals surface area contributed by atoms with Crippen molar-refractivity contribution in [2.75, 3.05) is 26.3 Å². The van der Waals surface area contributed by atoms with Crippen molar-refractivity contribution < 1.29 is 9.26 Å². The molecule has 1 aliphatic heterocycles. The largest absolute Gasteiger partial charge is 0.379 e. The monoisotopic (exact) mass is 345 g/mol. The molecule has 1 fully saturated rings. The molecule has 136 valence electrons. The number of fused-ring (bicyclic) bond motifs is 1. The summed E-state index contributed by atoms with van der Waals surface area (Å²) < 4.78 is 13.0. The van der Waals surface area contributed by atoms with E-state index >= 15 is 0 Å². The quantitative estimate of drug-likeness (QED) is 0.878. The van der Waals surface area contributed by atoms with E-state index < -0.39 is 0 Å². The van der Waals surface area contributed by atoms with Crippen LogP contribution >= 0.6 is 0 Å². The van der Waals surface area contributed by atoms with E-state index in [1.165, 1.54) is 11.3 Å². The molecule has 0 saturated carbocycles. The molecule has 0 spiro atoms. The van der Waals surface area contributed by atoms with Crippen LogP contribution in [0.1, 0.15) is 34.8 Å². The number of nitrogens with one attached hydrogen (secondary N) is 1. The van der Waals surface area contributed by atoms with Crippen molar-refractivity contribution in [3.8, 4) is 0 Å². The highest BCUT2D eigenvalue weighted by molar-refractivity contribution is 5.27. The summed E-state index contributed by atoms with van der Waals surface area (Å²) in [6.07, 6.45) is 3.05. The van der Waals surface area contributed by atoms with E-state index in [0.717, 1.165) is 75.8 Å². The Morgan fingerprint density at radius 2 is 2.16 bits per heavy atom. The highest BCUT2D eigenvalue weighted by Gasteiger charge is 2.26. The van der Waals surface area contributed by atoms with Crippen LogP contribution in [0.25, 0.3) is 0 Å². The van der Waals surface area contributed by atoms with Crippen LogP contribution in [0.5, 0.6) is 0 Å². The van der Waals surface area contributed by atoms with Crippen LogP contribution in [0, 0.1) is 6.92 Å². The van der Waals surface area contributed by atoms with Gasteiger partial charge in [-0.3, -0.25) is 9.58 Å². The van der Waals surface area contributed by atoms with Crippen LogP contribution < -0.4 is 5.32 Å². The summed E-state index contributed by atoms with van der Waals surface area (Å²) in [5.74, 6) is 1.08. The predicted molar refractivity (Wildman–Crippen MR) is 93.2 cm³/mol. The fourth-order valence-electron chi connectivity index (χ4n) is 3.81. The van der Waals surface area contributed by atoms with E-state index in [-0.39, 0.29) is 0 Å². The third-order valence-electron chi connectivity index (χ3n) is 5.27. The van der Waals surface area contributed by atoms with Gasteiger partial charge in [0.15, 0.2) is 0 Å². The molecule has 0 radical (unpaired) electrons. The van der Waals surface area contributed by atoms with Crippen LogP contribution in [-0.4, -0.2) is 52.2 Å². The molecule has 1 aliphatic carbocycles. The third kappa shape index (κ3) is 3.78. The SMILES string of the molecule is Cc1cc(CNC2CCc3onc(CN4CCOCC4)c3C2)n(C)n1. The Labute approximate surface area is 148 Å². The van der Waals surface area contributed by atoms with E-state index in [4.69, 9.17) is 9.26 Å². The Balaban J connectivity index is 1.38. The second-order valence-electron chi connectivity index (χ2n) is 7.14. The minimum atomic E-state index is 0.463. The van der Waals surface area contributed by atoms with Crippen molar-refractivity contribution in [2.45, 2.75) is 45.3 Å². The smallest absolute Gasteiger partial charge is 0.140 e. The van der Waals surface area contributed by atoms with Gasteiger partial charge in [-0.1, -0.05) is 5.16 Å². The molecule has 1 saturated heterocycles. The zero-order valence-corrected chi connectivity index (χ0v) is 15.1. The summed E-state index contributed by atoms with van der Waals surface area (Å²) in [5.41, 5.74) is 4.72. The molecule has 7 nitrogen and oxygen atoms in total. The topological polar surface area (TPSA) is 68.3 Å². The molecule has 0 amide bonds. The maximum Gasteiger partial charge on any atom is 0.140 e. The molecule has 7 heteroatoms. The van der Waals surface area contributed by atoms with Crippen molar-refractivity contribution >= 4 is 0 Å². The Hall–Kier alpha value is -1.70. The fourth-order valence-corrected chi connectivity index (χ4v) is 3.81. The molecular weight excluding hydrogens is 318 g/mol. The number of rotatable bonds is 5. The lowest BCUT2D eigenvalue weighted by atomic mass is 9.92. The van der Waals surface area contributed by atoms with Crippen LogP contribution in [0.3, 0.4) is 0 Å². The normalized spacial score (nSPS) is 21.4. The molecule has 2 aliphatic rings. The number of hydrogen-bond donors (Lipinski definition) is 1. The van der Waals surface area contributed by atoms with Gasteiger partial charge in [0.2, 0.25) is 0 Å². The number of morpholine rings is 1. The molecular formula is C18H27N5O2. The molecule has 0 aromatic carbocycles. The summed E-state index contributed by atoms with van der Waals surface area (Å²) in [4.78, 5) is 2.40. The lowest BCUT2D eigenvalue weighted by molar-refractivity contribution is 0.0331. The summed E-state index contributed by atoms with van der Waals surface area (Å²) in [5, 5.41) is 12.5. The molecule has 1 N–H and O–H groups in total.